The molecule has 0 aliphatic carbocycles. The van der Waals surface area contributed by atoms with Gasteiger partial charge < -0.3 is 29.9 Å². The Morgan fingerprint density at radius 1 is 0.935 bits per heavy atom. The van der Waals surface area contributed by atoms with E-state index in [-0.39, 0.29) is 6.61 Å². The van der Waals surface area contributed by atoms with E-state index in [4.69, 9.17) is 21.1 Å². The zero-order chi connectivity index (χ0) is 22.5. The van der Waals surface area contributed by atoms with Gasteiger partial charge in [0.2, 0.25) is 0 Å². The summed E-state index contributed by atoms with van der Waals surface area (Å²) in [6, 6.07) is 12.0. The van der Waals surface area contributed by atoms with Crippen LogP contribution >= 0.6 is 11.6 Å². The standard InChI is InChI=1S/C24H31ClO6/c1-3-14-5-7-15(8-6-14)9-16-10-18(17(11-19(16)25)13-30-4-2)24-23(29)22(28)21(27)20(12-26)31-24/h5-8,10-11,20-24,26-29H,3-4,9,12-13H2,1-2H3/t20-,21-,22+,23-,24+/m1/s1. The molecule has 3 rings (SSSR count). The van der Waals surface area contributed by atoms with Gasteiger partial charge in [0.1, 0.15) is 30.5 Å². The molecule has 170 valence electrons. The summed E-state index contributed by atoms with van der Waals surface area (Å²) in [4.78, 5) is 0. The molecule has 2 aromatic carbocycles. The van der Waals surface area contributed by atoms with Crippen molar-refractivity contribution in [2.45, 2.75) is 63.8 Å². The lowest BCUT2D eigenvalue weighted by Gasteiger charge is -2.41. The molecule has 0 saturated carbocycles. The first-order valence-corrected chi connectivity index (χ1v) is 11.0. The van der Waals surface area contributed by atoms with Crippen molar-refractivity contribution in [3.8, 4) is 0 Å². The Hall–Kier alpha value is -1.51. The molecule has 0 aromatic heterocycles. The fraction of sp³-hybridized carbons (Fsp3) is 0.500. The van der Waals surface area contributed by atoms with Crippen molar-refractivity contribution in [2.24, 2.45) is 0 Å². The van der Waals surface area contributed by atoms with Crippen LogP contribution in [0.1, 0.15) is 47.8 Å². The molecular formula is C24H31ClO6. The van der Waals surface area contributed by atoms with Gasteiger partial charge in [0.25, 0.3) is 0 Å². The van der Waals surface area contributed by atoms with E-state index in [0.717, 1.165) is 23.1 Å². The van der Waals surface area contributed by atoms with Crippen molar-refractivity contribution in [1.82, 2.24) is 0 Å². The van der Waals surface area contributed by atoms with E-state index in [1.807, 2.05) is 13.0 Å². The van der Waals surface area contributed by atoms with Gasteiger partial charge in [-0.05, 0) is 53.6 Å². The number of rotatable bonds is 8. The zero-order valence-electron chi connectivity index (χ0n) is 17.9. The molecule has 0 amide bonds. The number of aliphatic hydroxyl groups excluding tert-OH is 4. The fourth-order valence-corrected chi connectivity index (χ4v) is 4.14. The third-order valence-corrected chi connectivity index (χ3v) is 6.15. The summed E-state index contributed by atoms with van der Waals surface area (Å²) in [7, 11) is 0. The van der Waals surface area contributed by atoms with Gasteiger partial charge >= 0.3 is 0 Å². The van der Waals surface area contributed by atoms with Crippen LogP contribution in [-0.2, 0) is 28.9 Å². The average Bonchev–Trinajstić information content (AvgIpc) is 2.78. The number of aryl methyl sites for hydroxylation is 1. The zero-order valence-corrected chi connectivity index (χ0v) is 18.6. The highest BCUT2D eigenvalue weighted by Crippen LogP contribution is 2.37. The van der Waals surface area contributed by atoms with Crippen molar-refractivity contribution in [3.05, 3.63) is 69.2 Å². The van der Waals surface area contributed by atoms with E-state index in [1.54, 1.807) is 6.07 Å². The molecule has 1 aliphatic heterocycles. The fourth-order valence-electron chi connectivity index (χ4n) is 3.89. The Kier molecular flexibility index (Phi) is 8.47. The van der Waals surface area contributed by atoms with Crippen molar-refractivity contribution in [2.75, 3.05) is 13.2 Å². The summed E-state index contributed by atoms with van der Waals surface area (Å²) >= 11 is 6.58. The second kappa shape index (κ2) is 10.9. The number of benzene rings is 2. The van der Waals surface area contributed by atoms with E-state index in [1.165, 1.54) is 5.56 Å². The SMILES string of the molecule is CCOCc1cc(Cl)c(Cc2ccc(CC)cc2)cc1[C@@H]1O[C@H](CO)[C@@H](O)[C@H](O)[C@H]1O. The molecule has 0 unspecified atom stereocenters. The van der Waals surface area contributed by atoms with E-state index >= 15 is 0 Å². The normalized spacial score (nSPS) is 26.2. The first kappa shape index (κ1) is 24.1. The Morgan fingerprint density at radius 2 is 1.61 bits per heavy atom. The van der Waals surface area contributed by atoms with Gasteiger partial charge in [-0.25, -0.2) is 0 Å². The molecule has 7 heteroatoms. The lowest BCUT2D eigenvalue weighted by Crippen LogP contribution is -2.55. The van der Waals surface area contributed by atoms with Gasteiger partial charge in [-0.15, -0.1) is 0 Å². The molecule has 1 heterocycles. The highest BCUT2D eigenvalue weighted by atomic mass is 35.5. The van der Waals surface area contributed by atoms with E-state index in [9.17, 15) is 20.4 Å². The first-order valence-electron chi connectivity index (χ1n) is 10.7. The van der Waals surface area contributed by atoms with E-state index in [0.29, 0.717) is 23.6 Å². The Labute approximate surface area is 188 Å². The number of aliphatic hydroxyl groups is 4. The summed E-state index contributed by atoms with van der Waals surface area (Å²) in [6.45, 7) is 4.26. The van der Waals surface area contributed by atoms with Gasteiger partial charge in [-0.1, -0.05) is 48.9 Å². The summed E-state index contributed by atoms with van der Waals surface area (Å²) in [6.07, 6.45) is -4.59. The number of hydrogen-bond acceptors (Lipinski definition) is 6. The lowest BCUT2D eigenvalue weighted by atomic mass is 9.87. The molecule has 0 spiro atoms. The maximum Gasteiger partial charge on any atom is 0.113 e. The van der Waals surface area contributed by atoms with Gasteiger partial charge in [0.05, 0.1) is 13.2 Å². The summed E-state index contributed by atoms with van der Waals surface area (Å²) < 4.78 is 11.4. The van der Waals surface area contributed by atoms with Gasteiger partial charge in [0, 0.05) is 11.6 Å². The molecule has 0 radical (unpaired) electrons. The van der Waals surface area contributed by atoms with Crippen LogP contribution in [0.25, 0.3) is 0 Å². The second-order valence-electron chi connectivity index (χ2n) is 7.88. The molecule has 31 heavy (non-hydrogen) atoms. The summed E-state index contributed by atoms with van der Waals surface area (Å²) in [5, 5.41) is 41.2. The maximum absolute atomic E-state index is 10.6. The smallest absolute Gasteiger partial charge is 0.113 e. The third-order valence-electron chi connectivity index (χ3n) is 5.79. The van der Waals surface area contributed by atoms with Crippen LogP contribution in [0, 0.1) is 0 Å². The predicted molar refractivity (Wildman–Crippen MR) is 118 cm³/mol. The van der Waals surface area contributed by atoms with Gasteiger partial charge in [0.15, 0.2) is 0 Å². The molecule has 2 aromatic rings. The lowest BCUT2D eigenvalue weighted by molar-refractivity contribution is -0.232. The van der Waals surface area contributed by atoms with Crippen molar-refractivity contribution in [3.63, 3.8) is 0 Å². The molecule has 6 nitrogen and oxygen atoms in total. The largest absolute Gasteiger partial charge is 0.394 e. The Bertz CT molecular complexity index is 854. The van der Waals surface area contributed by atoms with E-state index < -0.39 is 37.1 Å². The molecule has 4 N–H and O–H groups in total. The van der Waals surface area contributed by atoms with Crippen LogP contribution in [0.5, 0.6) is 0 Å². The van der Waals surface area contributed by atoms with Crippen LogP contribution in [0.15, 0.2) is 36.4 Å². The third kappa shape index (κ3) is 5.46. The maximum atomic E-state index is 10.6. The average molecular weight is 451 g/mol. The van der Waals surface area contributed by atoms with Crippen LogP contribution < -0.4 is 0 Å². The number of ether oxygens (including phenoxy) is 2. The van der Waals surface area contributed by atoms with Gasteiger partial charge in [-0.3, -0.25) is 0 Å². The van der Waals surface area contributed by atoms with Crippen LogP contribution in [-0.4, -0.2) is 58.1 Å². The van der Waals surface area contributed by atoms with Crippen molar-refractivity contribution < 1.29 is 29.9 Å². The highest BCUT2D eigenvalue weighted by molar-refractivity contribution is 6.31. The van der Waals surface area contributed by atoms with Crippen LogP contribution in [0.4, 0.5) is 0 Å². The topological polar surface area (TPSA) is 99.4 Å². The van der Waals surface area contributed by atoms with Crippen molar-refractivity contribution in [1.29, 1.82) is 0 Å². The molecule has 5 atom stereocenters. The number of halogens is 1. The summed E-state index contributed by atoms with van der Waals surface area (Å²) in [5.41, 5.74) is 4.54. The number of hydrogen-bond donors (Lipinski definition) is 4. The van der Waals surface area contributed by atoms with Crippen LogP contribution in [0.3, 0.4) is 0 Å². The minimum absolute atomic E-state index is 0.256. The molecule has 0 bridgehead atoms. The first-order chi connectivity index (χ1) is 14.9. The van der Waals surface area contributed by atoms with E-state index in [2.05, 4.69) is 31.2 Å². The molecular weight excluding hydrogens is 420 g/mol. The molecule has 1 aliphatic rings. The highest BCUT2D eigenvalue weighted by Gasteiger charge is 2.44. The van der Waals surface area contributed by atoms with Crippen molar-refractivity contribution >= 4 is 11.6 Å². The van der Waals surface area contributed by atoms with Gasteiger partial charge in [-0.2, -0.15) is 0 Å². The predicted octanol–water partition coefficient (Wildman–Crippen LogP) is 2.54. The second-order valence-corrected chi connectivity index (χ2v) is 8.28. The van der Waals surface area contributed by atoms with Crippen LogP contribution in [0.2, 0.25) is 5.02 Å². The quantitative estimate of drug-likeness (QED) is 0.493. The molecule has 1 fully saturated rings. The Morgan fingerprint density at radius 3 is 2.23 bits per heavy atom. The molecule has 1 saturated heterocycles. The Balaban J connectivity index is 1.98. The monoisotopic (exact) mass is 450 g/mol. The minimum atomic E-state index is -1.45. The summed E-state index contributed by atoms with van der Waals surface area (Å²) in [5.74, 6) is 0. The minimum Gasteiger partial charge on any atom is -0.394 e.